The minimum atomic E-state index is -4.04. The first-order valence-electron chi connectivity index (χ1n) is 10.7. The van der Waals surface area contributed by atoms with Gasteiger partial charge in [0.1, 0.15) is 5.75 Å². The summed E-state index contributed by atoms with van der Waals surface area (Å²) in [5.74, 6) is -1.15. The van der Waals surface area contributed by atoms with Crippen LogP contribution in [0.4, 0.5) is 11.5 Å². The zero-order valence-electron chi connectivity index (χ0n) is 18.5. The third-order valence-electron chi connectivity index (χ3n) is 5.14. The molecule has 1 atom stereocenters. The lowest BCUT2D eigenvalue weighted by Gasteiger charge is -2.33. The fourth-order valence-electron chi connectivity index (χ4n) is 3.61. The quantitative estimate of drug-likeness (QED) is 0.523. The standard InChI is InChI=1S/C22H27N3O7S/c1-3-31-17-7-9-18(10-8-17)33(29,30)24-19-12-16(21(26)27)13-23-20(19)25-11-5-6-15(14-25)22(28)32-4-2/h7-10,12-13,15,24H,3-6,11,14H2,1-2H3,(H,26,27)/t15-/m0/s1. The van der Waals surface area contributed by atoms with E-state index in [0.717, 1.165) is 0 Å². The Morgan fingerprint density at radius 3 is 2.58 bits per heavy atom. The fraction of sp³-hybridized carbons (Fsp3) is 0.409. The van der Waals surface area contributed by atoms with Crippen LogP contribution in [-0.2, 0) is 19.6 Å². The highest BCUT2D eigenvalue weighted by Crippen LogP contribution is 2.31. The van der Waals surface area contributed by atoms with Crippen LogP contribution in [0.25, 0.3) is 0 Å². The number of hydrogen-bond acceptors (Lipinski definition) is 8. The van der Waals surface area contributed by atoms with Crippen LogP contribution in [0.5, 0.6) is 5.75 Å². The smallest absolute Gasteiger partial charge is 0.337 e. The number of pyridine rings is 1. The summed E-state index contributed by atoms with van der Waals surface area (Å²) in [6.07, 6.45) is 2.49. The van der Waals surface area contributed by atoms with Gasteiger partial charge < -0.3 is 19.5 Å². The van der Waals surface area contributed by atoms with Crippen LogP contribution in [0.15, 0.2) is 41.4 Å². The molecule has 1 aromatic heterocycles. The molecular weight excluding hydrogens is 450 g/mol. The monoisotopic (exact) mass is 477 g/mol. The maximum Gasteiger partial charge on any atom is 0.337 e. The van der Waals surface area contributed by atoms with Crippen molar-refractivity contribution in [3.05, 3.63) is 42.1 Å². The van der Waals surface area contributed by atoms with Crippen LogP contribution in [0, 0.1) is 5.92 Å². The summed E-state index contributed by atoms with van der Waals surface area (Å²) in [6.45, 7) is 5.10. The molecule has 0 radical (unpaired) electrons. The van der Waals surface area contributed by atoms with Gasteiger partial charge in [0.2, 0.25) is 0 Å². The van der Waals surface area contributed by atoms with Crippen LogP contribution >= 0.6 is 0 Å². The molecule has 2 N–H and O–H groups in total. The SMILES string of the molecule is CCOC(=O)[C@H]1CCCN(c2ncc(C(=O)O)cc2NS(=O)(=O)c2ccc(OCC)cc2)C1. The molecule has 0 saturated carbocycles. The van der Waals surface area contributed by atoms with Gasteiger partial charge in [-0.25, -0.2) is 18.2 Å². The molecule has 11 heteroatoms. The number of aromatic nitrogens is 1. The number of anilines is 2. The number of piperidine rings is 1. The third-order valence-corrected chi connectivity index (χ3v) is 6.53. The van der Waals surface area contributed by atoms with Crippen molar-refractivity contribution < 1.29 is 32.6 Å². The molecule has 1 aromatic carbocycles. The van der Waals surface area contributed by atoms with Gasteiger partial charge in [-0.3, -0.25) is 9.52 Å². The summed E-state index contributed by atoms with van der Waals surface area (Å²) in [6, 6.07) is 7.11. The maximum absolute atomic E-state index is 13.0. The van der Waals surface area contributed by atoms with Gasteiger partial charge in [0.05, 0.1) is 35.3 Å². The number of esters is 1. The molecule has 178 valence electrons. The lowest BCUT2D eigenvalue weighted by molar-refractivity contribution is -0.148. The number of ether oxygens (including phenoxy) is 2. The lowest BCUT2D eigenvalue weighted by atomic mass is 9.98. The highest BCUT2D eigenvalue weighted by atomic mass is 32.2. The molecule has 1 saturated heterocycles. The van der Waals surface area contributed by atoms with E-state index >= 15 is 0 Å². The topological polar surface area (TPSA) is 135 Å². The third kappa shape index (κ3) is 5.92. The first kappa shape index (κ1) is 24.3. The van der Waals surface area contributed by atoms with Gasteiger partial charge >= 0.3 is 11.9 Å². The van der Waals surface area contributed by atoms with Crippen LogP contribution in [0.2, 0.25) is 0 Å². The van der Waals surface area contributed by atoms with Gasteiger partial charge in [-0.1, -0.05) is 0 Å². The van der Waals surface area contributed by atoms with Gasteiger partial charge in [0.15, 0.2) is 5.82 Å². The average molecular weight is 478 g/mol. The van der Waals surface area contributed by atoms with Gasteiger partial charge in [-0.15, -0.1) is 0 Å². The Balaban J connectivity index is 1.92. The molecule has 0 bridgehead atoms. The van der Waals surface area contributed by atoms with Crippen molar-refractivity contribution in [2.24, 2.45) is 5.92 Å². The van der Waals surface area contributed by atoms with Gasteiger partial charge in [-0.2, -0.15) is 0 Å². The van der Waals surface area contributed by atoms with Crippen LogP contribution in [-0.4, -0.2) is 56.8 Å². The van der Waals surface area contributed by atoms with E-state index in [4.69, 9.17) is 9.47 Å². The summed E-state index contributed by atoms with van der Waals surface area (Å²) < 4.78 is 39.0. The molecule has 0 aliphatic carbocycles. The van der Waals surface area contributed by atoms with E-state index < -0.39 is 16.0 Å². The van der Waals surface area contributed by atoms with Gasteiger partial charge in [-0.05, 0) is 57.0 Å². The molecule has 1 aliphatic rings. The van der Waals surface area contributed by atoms with Gasteiger partial charge in [0, 0.05) is 19.3 Å². The van der Waals surface area contributed by atoms with E-state index in [0.29, 0.717) is 31.7 Å². The number of carboxylic acids is 1. The molecule has 1 fully saturated rings. The first-order chi connectivity index (χ1) is 15.7. The number of carbonyl (C=O) groups excluding carboxylic acids is 1. The van der Waals surface area contributed by atoms with Gasteiger partial charge in [0.25, 0.3) is 10.0 Å². The van der Waals surface area contributed by atoms with Crippen molar-refractivity contribution in [3.63, 3.8) is 0 Å². The summed E-state index contributed by atoms with van der Waals surface area (Å²) in [4.78, 5) is 29.7. The van der Waals surface area contributed by atoms with Crippen molar-refractivity contribution in [1.29, 1.82) is 0 Å². The van der Waals surface area contributed by atoms with Crippen molar-refractivity contribution >= 4 is 33.5 Å². The maximum atomic E-state index is 13.0. The number of benzene rings is 1. The highest BCUT2D eigenvalue weighted by Gasteiger charge is 2.30. The zero-order chi connectivity index (χ0) is 24.0. The Hall–Kier alpha value is -3.34. The normalized spacial score (nSPS) is 16.2. The van der Waals surface area contributed by atoms with Crippen molar-refractivity contribution in [2.45, 2.75) is 31.6 Å². The van der Waals surface area contributed by atoms with E-state index in [2.05, 4.69) is 9.71 Å². The molecule has 0 amide bonds. The number of carbonyl (C=O) groups is 2. The molecule has 3 rings (SSSR count). The van der Waals surface area contributed by atoms with E-state index in [-0.39, 0.29) is 47.0 Å². The van der Waals surface area contributed by atoms with Crippen LogP contribution < -0.4 is 14.4 Å². The van der Waals surface area contributed by atoms with Crippen molar-refractivity contribution in [1.82, 2.24) is 4.98 Å². The highest BCUT2D eigenvalue weighted by molar-refractivity contribution is 7.92. The molecule has 10 nitrogen and oxygen atoms in total. The summed E-state index contributed by atoms with van der Waals surface area (Å²) in [7, 11) is -4.04. The van der Waals surface area contributed by atoms with E-state index in [1.807, 2.05) is 6.92 Å². The van der Waals surface area contributed by atoms with E-state index in [1.165, 1.54) is 24.4 Å². The predicted octanol–water partition coefficient (Wildman–Crippen LogP) is 2.76. The van der Waals surface area contributed by atoms with E-state index in [9.17, 15) is 23.1 Å². The second-order valence-electron chi connectivity index (χ2n) is 7.45. The Morgan fingerprint density at radius 2 is 1.94 bits per heavy atom. The molecule has 1 aliphatic heterocycles. The molecular formula is C22H27N3O7S. The van der Waals surface area contributed by atoms with E-state index in [1.54, 1.807) is 24.0 Å². The number of nitrogens with zero attached hydrogens (tertiary/aromatic N) is 2. The summed E-state index contributed by atoms with van der Waals surface area (Å²) in [5, 5.41) is 9.37. The number of aromatic carboxylic acids is 1. The molecule has 2 aromatic rings. The van der Waals surface area contributed by atoms with Crippen molar-refractivity contribution in [3.8, 4) is 5.75 Å². The largest absolute Gasteiger partial charge is 0.494 e. The Bertz CT molecular complexity index is 1100. The molecule has 0 spiro atoms. The predicted molar refractivity (Wildman–Crippen MR) is 121 cm³/mol. The van der Waals surface area contributed by atoms with Crippen molar-refractivity contribution in [2.75, 3.05) is 35.9 Å². The Kier molecular flexibility index (Phi) is 7.75. The average Bonchev–Trinajstić information content (AvgIpc) is 2.79. The number of rotatable bonds is 9. The number of nitrogens with one attached hydrogen (secondary N) is 1. The number of hydrogen-bond donors (Lipinski definition) is 2. The summed E-state index contributed by atoms with van der Waals surface area (Å²) in [5.41, 5.74) is -0.143. The lowest BCUT2D eigenvalue weighted by Crippen LogP contribution is -2.40. The molecule has 0 unspecified atom stereocenters. The molecule has 33 heavy (non-hydrogen) atoms. The fourth-order valence-corrected chi connectivity index (χ4v) is 4.66. The van der Waals surface area contributed by atoms with Crippen LogP contribution in [0.3, 0.4) is 0 Å². The summed E-state index contributed by atoms with van der Waals surface area (Å²) >= 11 is 0. The Labute approximate surface area is 192 Å². The molecule has 2 heterocycles. The zero-order valence-corrected chi connectivity index (χ0v) is 19.3. The second kappa shape index (κ2) is 10.5. The Morgan fingerprint density at radius 1 is 1.21 bits per heavy atom. The number of carboxylic acid groups (broad SMARTS) is 1. The first-order valence-corrected chi connectivity index (χ1v) is 12.1. The second-order valence-corrected chi connectivity index (χ2v) is 9.13. The minimum Gasteiger partial charge on any atom is -0.494 e. The minimum absolute atomic E-state index is 0.0133. The van der Waals surface area contributed by atoms with Crippen LogP contribution in [0.1, 0.15) is 37.0 Å². The number of sulfonamides is 1.